The van der Waals surface area contributed by atoms with Gasteiger partial charge < -0.3 is 25.7 Å². The summed E-state index contributed by atoms with van der Waals surface area (Å²) in [7, 11) is 1.75. The molecule has 1 aliphatic heterocycles. The smallest absolute Gasteiger partial charge is 0.326 e. The van der Waals surface area contributed by atoms with E-state index in [1.807, 2.05) is 6.92 Å². The normalized spacial score (nSPS) is 14.5. The van der Waals surface area contributed by atoms with Crippen molar-refractivity contribution in [3.05, 3.63) is 47.3 Å². The van der Waals surface area contributed by atoms with E-state index in [0.29, 0.717) is 47.2 Å². The molecule has 1 atom stereocenters. The third-order valence-corrected chi connectivity index (χ3v) is 6.02. The minimum atomic E-state index is -0.340. The minimum absolute atomic E-state index is 0.00614. The topological polar surface area (TPSA) is 118 Å². The number of aromatic amines is 1. The lowest BCUT2D eigenvalue weighted by molar-refractivity contribution is 0.438. The van der Waals surface area contributed by atoms with E-state index in [-0.39, 0.29) is 17.9 Å². The predicted octanol–water partition coefficient (Wildman–Crippen LogP) is 3.67. The third-order valence-electron chi connectivity index (χ3n) is 6.02. The van der Waals surface area contributed by atoms with Crippen molar-refractivity contribution >= 4 is 33.4 Å². The Hall–Kier alpha value is -3.79. The first-order valence-corrected chi connectivity index (χ1v) is 10.7. The van der Waals surface area contributed by atoms with Gasteiger partial charge in [-0.1, -0.05) is 5.57 Å². The molecule has 4 N–H and O–H groups in total. The first kappa shape index (κ1) is 21.1. The molecule has 0 bridgehead atoms. The Balaban J connectivity index is 1.66. The Kier molecular flexibility index (Phi) is 5.09. The summed E-state index contributed by atoms with van der Waals surface area (Å²) in [4.78, 5) is 23.0. The summed E-state index contributed by atoms with van der Waals surface area (Å²) in [6.07, 6.45) is 3.15. The van der Waals surface area contributed by atoms with Gasteiger partial charge in [-0.05, 0) is 38.5 Å². The van der Waals surface area contributed by atoms with Gasteiger partial charge in [0, 0.05) is 31.6 Å². The van der Waals surface area contributed by atoms with Crippen molar-refractivity contribution in [3.8, 4) is 11.8 Å². The van der Waals surface area contributed by atoms with Gasteiger partial charge in [0.05, 0.1) is 29.0 Å². The lowest BCUT2D eigenvalue weighted by atomic mass is 9.97. The predicted molar refractivity (Wildman–Crippen MR) is 126 cm³/mol. The van der Waals surface area contributed by atoms with E-state index in [2.05, 4.69) is 37.1 Å². The fourth-order valence-electron chi connectivity index (χ4n) is 3.97. The molecule has 9 nitrogen and oxygen atoms in total. The van der Waals surface area contributed by atoms with Crippen molar-refractivity contribution in [1.82, 2.24) is 24.9 Å². The maximum atomic E-state index is 14.4. The number of fused-ring (bicyclic) bond motifs is 3. The molecular formula is C23H25FN8O. The van der Waals surface area contributed by atoms with Gasteiger partial charge in [0.2, 0.25) is 0 Å². The number of anilines is 2. The number of nitrogens with two attached hydrogens (primary N) is 1. The zero-order chi connectivity index (χ0) is 23.3. The molecule has 0 spiro atoms. The molecule has 0 saturated carbocycles. The summed E-state index contributed by atoms with van der Waals surface area (Å²) in [5.41, 5.74) is 10.5. The lowest BCUT2D eigenvalue weighted by Crippen LogP contribution is -2.43. The van der Waals surface area contributed by atoms with E-state index in [0.717, 1.165) is 10.9 Å². The highest BCUT2D eigenvalue weighted by atomic mass is 19.1. The van der Waals surface area contributed by atoms with Crippen LogP contribution in [0, 0.1) is 12.7 Å². The summed E-state index contributed by atoms with van der Waals surface area (Å²) in [6.45, 7) is 7.21. The molecule has 170 valence electrons. The van der Waals surface area contributed by atoms with Crippen molar-refractivity contribution in [2.75, 3.05) is 30.4 Å². The number of ether oxygens (including phenoxy) is 1. The Bertz CT molecular complexity index is 1390. The number of nitrogens with zero attached hydrogens (tertiary/aromatic N) is 5. The van der Waals surface area contributed by atoms with Gasteiger partial charge in [0.15, 0.2) is 5.75 Å². The largest absolute Gasteiger partial charge is 0.421 e. The average Bonchev–Trinajstić information content (AvgIpc) is 3.11. The van der Waals surface area contributed by atoms with Crippen LogP contribution in [0.4, 0.5) is 15.9 Å². The first-order valence-electron chi connectivity index (χ1n) is 10.7. The zero-order valence-electron chi connectivity index (χ0n) is 18.9. The average molecular weight is 449 g/mol. The monoisotopic (exact) mass is 448 g/mol. The quantitative estimate of drug-likeness (QED) is 0.396. The van der Waals surface area contributed by atoms with Crippen LogP contribution in [0.5, 0.6) is 11.8 Å². The molecule has 3 aromatic heterocycles. The first-order chi connectivity index (χ1) is 15.8. The number of aromatic nitrogens is 5. The van der Waals surface area contributed by atoms with Gasteiger partial charge in [0.25, 0.3) is 0 Å². The van der Waals surface area contributed by atoms with Crippen molar-refractivity contribution in [2.45, 2.75) is 26.8 Å². The highest BCUT2D eigenvalue weighted by Gasteiger charge is 2.29. The summed E-state index contributed by atoms with van der Waals surface area (Å²) >= 11 is 0. The summed E-state index contributed by atoms with van der Waals surface area (Å²) in [5.74, 6) is 1.40. The lowest BCUT2D eigenvalue weighted by Gasteiger charge is -2.37. The Labute approximate surface area is 189 Å². The van der Waals surface area contributed by atoms with Gasteiger partial charge in [-0.25, -0.2) is 14.4 Å². The molecule has 5 rings (SSSR count). The Morgan fingerprint density at radius 2 is 1.97 bits per heavy atom. The number of aryl methyl sites for hydroxylation is 1. The van der Waals surface area contributed by atoms with E-state index in [4.69, 9.17) is 15.5 Å². The van der Waals surface area contributed by atoms with Crippen LogP contribution in [0.25, 0.3) is 21.9 Å². The van der Waals surface area contributed by atoms with Crippen LogP contribution in [0.2, 0.25) is 0 Å². The second-order valence-corrected chi connectivity index (χ2v) is 8.30. The Morgan fingerprint density at radius 3 is 2.64 bits per heavy atom. The maximum Gasteiger partial charge on any atom is 0.326 e. The molecule has 1 aliphatic rings. The number of benzene rings is 1. The van der Waals surface area contributed by atoms with Gasteiger partial charge in [-0.2, -0.15) is 9.97 Å². The van der Waals surface area contributed by atoms with Crippen LogP contribution in [0.3, 0.4) is 0 Å². The highest BCUT2D eigenvalue weighted by molar-refractivity contribution is 6.14. The molecule has 10 heteroatoms. The standard InChI is InChI=1S/C23H25FN8O/c1-11(12(2)25)14-9-32(10-14)22-19-17-5-15(24)6-18(26-4)20(17)29-21(19)30-23(31-22)33-16-7-27-13(3)28-8-16/h5-8,12,26H,9-10,25H2,1-4H3,(H,29,30,31)/t12-/m0/s1. The number of hydrogen-bond donors (Lipinski definition) is 3. The molecule has 0 radical (unpaired) electrons. The van der Waals surface area contributed by atoms with Crippen LogP contribution < -0.4 is 20.7 Å². The second-order valence-electron chi connectivity index (χ2n) is 8.30. The Morgan fingerprint density at radius 1 is 1.24 bits per heavy atom. The molecule has 0 amide bonds. The van der Waals surface area contributed by atoms with Crippen LogP contribution in [0.15, 0.2) is 35.7 Å². The SMILES string of the molecule is CNc1cc(F)cc2c1[nH]c1nc(Oc3cnc(C)nc3)nc(N3CC(=C(C)[C@H](C)N)C3)c12. The number of halogens is 1. The van der Waals surface area contributed by atoms with Crippen molar-refractivity contribution in [3.63, 3.8) is 0 Å². The summed E-state index contributed by atoms with van der Waals surface area (Å²) < 4.78 is 20.3. The number of hydrogen-bond acceptors (Lipinski definition) is 8. The van der Waals surface area contributed by atoms with E-state index in [1.165, 1.54) is 23.3 Å². The van der Waals surface area contributed by atoms with E-state index in [9.17, 15) is 4.39 Å². The molecule has 33 heavy (non-hydrogen) atoms. The van der Waals surface area contributed by atoms with Gasteiger partial charge in [0.1, 0.15) is 23.1 Å². The van der Waals surface area contributed by atoms with Crippen LogP contribution >= 0.6 is 0 Å². The fraction of sp³-hybridized carbons (Fsp3) is 0.304. The van der Waals surface area contributed by atoms with E-state index >= 15 is 0 Å². The van der Waals surface area contributed by atoms with E-state index in [1.54, 1.807) is 26.4 Å². The molecule has 0 aliphatic carbocycles. The number of rotatable bonds is 5. The minimum Gasteiger partial charge on any atom is -0.421 e. The molecule has 1 saturated heterocycles. The number of nitrogens with one attached hydrogen (secondary N) is 2. The van der Waals surface area contributed by atoms with Crippen LogP contribution in [0.1, 0.15) is 19.7 Å². The molecule has 0 unspecified atom stereocenters. The molecule has 1 aromatic carbocycles. The highest BCUT2D eigenvalue weighted by Crippen LogP contribution is 2.39. The van der Waals surface area contributed by atoms with Crippen molar-refractivity contribution in [1.29, 1.82) is 0 Å². The molecule has 1 fully saturated rings. The second kappa shape index (κ2) is 7.96. The van der Waals surface area contributed by atoms with Gasteiger partial charge in [-0.3, -0.25) is 0 Å². The van der Waals surface area contributed by atoms with E-state index < -0.39 is 0 Å². The summed E-state index contributed by atoms with van der Waals surface area (Å²) in [5, 5.41) is 4.49. The summed E-state index contributed by atoms with van der Waals surface area (Å²) in [6, 6.07) is 3.10. The zero-order valence-corrected chi connectivity index (χ0v) is 18.9. The van der Waals surface area contributed by atoms with Gasteiger partial charge in [-0.15, -0.1) is 0 Å². The maximum absolute atomic E-state index is 14.4. The number of H-pyrrole nitrogens is 1. The third kappa shape index (κ3) is 3.72. The van der Waals surface area contributed by atoms with Crippen molar-refractivity contribution < 1.29 is 9.13 Å². The molecule has 4 aromatic rings. The molecule has 4 heterocycles. The van der Waals surface area contributed by atoms with Crippen molar-refractivity contribution in [2.24, 2.45) is 5.73 Å². The van der Waals surface area contributed by atoms with Crippen LogP contribution in [-0.2, 0) is 0 Å². The molecular weight excluding hydrogens is 423 g/mol. The van der Waals surface area contributed by atoms with Crippen LogP contribution in [-0.4, -0.2) is 51.1 Å². The van der Waals surface area contributed by atoms with Gasteiger partial charge >= 0.3 is 6.01 Å². The fourth-order valence-corrected chi connectivity index (χ4v) is 3.97.